The van der Waals surface area contributed by atoms with Gasteiger partial charge in [-0.15, -0.1) is 0 Å². The Bertz CT molecular complexity index is 767. The molecule has 164 valence electrons. The number of nitrogens with zero attached hydrogens (tertiary/aromatic N) is 1. The second kappa shape index (κ2) is 13.4. The summed E-state index contributed by atoms with van der Waals surface area (Å²) in [6, 6.07) is 5.42. The van der Waals surface area contributed by atoms with Gasteiger partial charge in [0.2, 0.25) is 0 Å². The Morgan fingerprint density at radius 1 is 1.00 bits per heavy atom. The molecule has 0 aliphatic carbocycles. The smallest absolute Gasteiger partial charge is 0.339 e. The van der Waals surface area contributed by atoms with E-state index in [-0.39, 0.29) is 17.0 Å². The first kappa shape index (κ1) is 25.2. The van der Waals surface area contributed by atoms with E-state index in [1.807, 2.05) is 0 Å². The summed E-state index contributed by atoms with van der Waals surface area (Å²) in [5.41, 5.74) is -0.828. The van der Waals surface area contributed by atoms with Gasteiger partial charge in [0.25, 0.3) is 0 Å². The number of hydrogen-bond acceptors (Lipinski definition) is 5. The summed E-state index contributed by atoms with van der Waals surface area (Å²) in [6.07, 6.45) is 8.24. The molecule has 2 N–H and O–H groups in total. The number of rotatable bonds is 14. The Kier molecular flexibility index (Phi) is 11.2. The molecule has 0 fully saturated rings. The van der Waals surface area contributed by atoms with Crippen LogP contribution in [0.25, 0.3) is 0 Å². The largest absolute Gasteiger partial charge is 0.478 e. The highest BCUT2D eigenvalue weighted by Crippen LogP contribution is 2.20. The Labute approximate surface area is 177 Å². The van der Waals surface area contributed by atoms with Crippen LogP contribution in [0.3, 0.4) is 0 Å². The fraction of sp³-hybridized carbons (Fsp3) is 0.565. The number of carbonyl (C=O) groups is 3. The Morgan fingerprint density at radius 2 is 1.63 bits per heavy atom. The van der Waals surface area contributed by atoms with Crippen molar-refractivity contribution in [1.82, 2.24) is 0 Å². The number of carboxylic acid groups (broad SMARTS) is 2. The second-order valence-corrected chi connectivity index (χ2v) is 7.57. The zero-order valence-electron chi connectivity index (χ0n) is 17.7. The molecule has 2 unspecified atom stereocenters. The van der Waals surface area contributed by atoms with Crippen LogP contribution in [0, 0.1) is 17.2 Å². The van der Waals surface area contributed by atoms with Gasteiger partial charge in [-0.1, -0.05) is 45.4 Å². The molecule has 0 aliphatic rings. The molecule has 0 radical (unpaired) electrons. The molecule has 0 aromatic heterocycles. The molecule has 7 nitrogen and oxygen atoms in total. The molecule has 0 bridgehead atoms. The standard InChI is InChI=1S/C23H31NO6/c1-3-4-5-6-7-8-9-10-18(13-16(2)15-24)30-23(29)19-12-11-17(21(25)26)14-20(19)22(27)28/h11-12,14,16,18H,3-10,13H2,1-2H3,(H,25,26)(H,27,28). The van der Waals surface area contributed by atoms with E-state index >= 15 is 0 Å². The Hall–Kier alpha value is -2.88. The SMILES string of the molecule is CCCCCCCCCC(CC(C)C#N)OC(=O)c1ccc(C(=O)O)cc1C(=O)O. The molecule has 1 rings (SSSR count). The van der Waals surface area contributed by atoms with E-state index in [1.54, 1.807) is 6.92 Å². The van der Waals surface area contributed by atoms with Crippen molar-refractivity contribution in [2.24, 2.45) is 5.92 Å². The van der Waals surface area contributed by atoms with Crippen molar-refractivity contribution in [3.63, 3.8) is 0 Å². The highest BCUT2D eigenvalue weighted by molar-refractivity contribution is 6.04. The molecule has 0 heterocycles. The van der Waals surface area contributed by atoms with E-state index < -0.39 is 29.6 Å². The van der Waals surface area contributed by atoms with Crippen molar-refractivity contribution in [1.29, 1.82) is 5.26 Å². The number of unbranched alkanes of at least 4 members (excludes halogenated alkanes) is 6. The summed E-state index contributed by atoms with van der Waals surface area (Å²) >= 11 is 0. The summed E-state index contributed by atoms with van der Waals surface area (Å²) < 4.78 is 5.54. The van der Waals surface area contributed by atoms with Crippen LogP contribution in [0.5, 0.6) is 0 Å². The highest BCUT2D eigenvalue weighted by Gasteiger charge is 2.24. The lowest BCUT2D eigenvalue weighted by atomic mass is 9.99. The third kappa shape index (κ3) is 8.64. The Morgan fingerprint density at radius 3 is 2.20 bits per heavy atom. The summed E-state index contributed by atoms with van der Waals surface area (Å²) in [5.74, 6) is -3.81. The third-order valence-corrected chi connectivity index (χ3v) is 4.96. The first-order chi connectivity index (χ1) is 14.3. The number of benzene rings is 1. The molecule has 0 saturated carbocycles. The van der Waals surface area contributed by atoms with Gasteiger partial charge in [-0.25, -0.2) is 14.4 Å². The number of hydrogen-bond donors (Lipinski definition) is 2. The topological polar surface area (TPSA) is 125 Å². The minimum absolute atomic E-state index is 0.193. The van der Waals surface area contributed by atoms with Crippen LogP contribution in [0.4, 0.5) is 0 Å². The molecule has 1 aromatic carbocycles. The highest BCUT2D eigenvalue weighted by atomic mass is 16.5. The van der Waals surface area contributed by atoms with Crippen LogP contribution in [-0.2, 0) is 4.74 Å². The van der Waals surface area contributed by atoms with Gasteiger partial charge in [0, 0.05) is 5.92 Å². The zero-order chi connectivity index (χ0) is 22.5. The molecule has 0 saturated heterocycles. The summed E-state index contributed by atoms with van der Waals surface area (Å²) in [5, 5.41) is 27.5. The predicted molar refractivity (Wildman–Crippen MR) is 112 cm³/mol. The fourth-order valence-corrected chi connectivity index (χ4v) is 3.25. The molecule has 7 heteroatoms. The number of esters is 1. The van der Waals surface area contributed by atoms with Gasteiger partial charge in [0.05, 0.1) is 22.8 Å². The van der Waals surface area contributed by atoms with E-state index in [1.165, 1.54) is 31.7 Å². The van der Waals surface area contributed by atoms with Gasteiger partial charge in [-0.2, -0.15) is 5.26 Å². The van der Waals surface area contributed by atoms with Crippen LogP contribution in [-0.4, -0.2) is 34.2 Å². The van der Waals surface area contributed by atoms with Gasteiger partial charge in [0.1, 0.15) is 6.10 Å². The molecular weight excluding hydrogens is 386 g/mol. The minimum atomic E-state index is -1.40. The van der Waals surface area contributed by atoms with Gasteiger partial charge >= 0.3 is 17.9 Å². The molecular formula is C23H31NO6. The molecule has 1 aromatic rings. The lowest BCUT2D eigenvalue weighted by Crippen LogP contribution is -2.22. The summed E-state index contributed by atoms with van der Waals surface area (Å²) in [4.78, 5) is 35.2. The van der Waals surface area contributed by atoms with Gasteiger partial charge < -0.3 is 14.9 Å². The summed E-state index contributed by atoms with van der Waals surface area (Å²) in [7, 11) is 0. The van der Waals surface area contributed by atoms with E-state index in [4.69, 9.17) is 15.1 Å². The Balaban J connectivity index is 2.80. The van der Waals surface area contributed by atoms with Crippen LogP contribution in [0.2, 0.25) is 0 Å². The predicted octanol–water partition coefficient (Wildman–Crippen LogP) is 5.30. The quantitative estimate of drug-likeness (QED) is 0.311. The molecule has 2 atom stereocenters. The van der Waals surface area contributed by atoms with Crippen molar-refractivity contribution in [3.05, 3.63) is 34.9 Å². The van der Waals surface area contributed by atoms with Crippen molar-refractivity contribution >= 4 is 17.9 Å². The van der Waals surface area contributed by atoms with E-state index in [2.05, 4.69) is 13.0 Å². The number of carbonyl (C=O) groups excluding carboxylic acids is 1. The average Bonchev–Trinajstić information content (AvgIpc) is 2.72. The maximum absolute atomic E-state index is 12.6. The van der Waals surface area contributed by atoms with Crippen molar-refractivity contribution in [2.75, 3.05) is 0 Å². The molecule has 0 spiro atoms. The van der Waals surface area contributed by atoms with Gasteiger partial charge in [0.15, 0.2) is 0 Å². The van der Waals surface area contributed by atoms with E-state index in [0.717, 1.165) is 31.4 Å². The summed E-state index contributed by atoms with van der Waals surface area (Å²) in [6.45, 7) is 3.91. The van der Waals surface area contributed by atoms with Gasteiger partial charge in [-0.3, -0.25) is 0 Å². The van der Waals surface area contributed by atoms with Crippen LogP contribution >= 0.6 is 0 Å². The maximum atomic E-state index is 12.6. The lowest BCUT2D eigenvalue weighted by Gasteiger charge is -2.19. The maximum Gasteiger partial charge on any atom is 0.339 e. The van der Waals surface area contributed by atoms with Crippen LogP contribution in [0.1, 0.15) is 103 Å². The average molecular weight is 418 g/mol. The number of nitriles is 1. The van der Waals surface area contributed by atoms with Crippen molar-refractivity contribution in [3.8, 4) is 6.07 Å². The lowest BCUT2D eigenvalue weighted by molar-refractivity contribution is 0.0230. The molecule has 0 amide bonds. The first-order valence-electron chi connectivity index (χ1n) is 10.5. The van der Waals surface area contributed by atoms with Crippen LogP contribution < -0.4 is 0 Å². The van der Waals surface area contributed by atoms with Crippen molar-refractivity contribution in [2.45, 2.75) is 77.7 Å². The molecule has 0 aliphatic heterocycles. The first-order valence-corrected chi connectivity index (χ1v) is 10.5. The fourth-order valence-electron chi connectivity index (χ4n) is 3.25. The van der Waals surface area contributed by atoms with Crippen molar-refractivity contribution < 1.29 is 29.3 Å². The number of aromatic carboxylic acids is 2. The zero-order valence-corrected chi connectivity index (χ0v) is 17.7. The van der Waals surface area contributed by atoms with Gasteiger partial charge in [-0.05, 0) is 44.4 Å². The molecule has 30 heavy (non-hydrogen) atoms. The third-order valence-electron chi connectivity index (χ3n) is 4.96. The number of carboxylic acids is 2. The monoisotopic (exact) mass is 417 g/mol. The van der Waals surface area contributed by atoms with Crippen LogP contribution in [0.15, 0.2) is 18.2 Å². The minimum Gasteiger partial charge on any atom is -0.478 e. The second-order valence-electron chi connectivity index (χ2n) is 7.57. The normalized spacial score (nSPS) is 12.6. The van der Waals surface area contributed by atoms with E-state index in [0.29, 0.717) is 12.8 Å². The van der Waals surface area contributed by atoms with E-state index in [9.17, 15) is 19.5 Å². The number of ether oxygens (including phenoxy) is 1.